The molecule has 0 heterocycles. The van der Waals surface area contributed by atoms with Crippen LogP contribution in [0.5, 0.6) is 0 Å². The standard InChI is InChI=1S/C17H30O4/c1-6-16(4,5)15(19)20-12-13(3)14(18)21-17(7-2)10-8-9-11-17/h13H,6-12H2,1-5H3. The van der Waals surface area contributed by atoms with Crippen LogP contribution in [0.4, 0.5) is 0 Å². The van der Waals surface area contributed by atoms with Crippen molar-refractivity contribution in [1.82, 2.24) is 0 Å². The molecule has 0 aromatic rings. The van der Waals surface area contributed by atoms with Crippen molar-refractivity contribution in [1.29, 1.82) is 0 Å². The summed E-state index contributed by atoms with van der Waals surface area (Å²) in [6.45, 7) is 9.57. The first-order valence-corrected chi connectivity index (χ1v) is 8.16. The minimum Gasteiger partial charge on any atom is -0.464 e. The minimum atomic E-state index is -0.500. The Bertz CT molecular complexity index is 367. The van der Waals surface area contributed by atoms with Crippen LogP contribution in [-0.2, 0) is 19.1 Å². The molecule has 1 aliphatic carbocycles. The zero-order valence-corrected chi connectivity index (χ0v) is 14.2. The van der Waals surface area contributed by atoms with Gasteiger partial charge < -0.3 is 9.47 Å². The third kappa shape index (κ3) is 4.72. The molecule has 4 nitrogen and oxygen atoms in total. The van der Waals surface area contributed by atoms with Gasteiger partial charge in [0.15, 0.2) is 0 Å². The first-order chi connectivity index (χ1) is 9.76. The van der Waals surface area contributed by atoms with E-state index in [1.54, 1.807) is 6.92 Å². The summed E-state index contributed by atoms with van der Waals surface area (Å²) in [5, 5.41) is 0. The molecule has 0 aliphatic heterocycles. The molecule has 21 heavy (non-hydrogen) atoms. The van der Waals surface area contributed by atoms with Gasteiger partial charge in [0.05, 0.1) is 11.3 Å². The molecule has 1 unspecified atom stereocenters. The Morgan fingerprint density at radius 3 is 2.24 bits per heavy atom. The fourth-order valence-electron chi connectivity index (χ4n) is 2.47. The molecule has 0 spiro atoms. The fraction of sp³-hybridized carbons (Fsp3) is 0.882. The summed E-state index contributed by atoms with van der Waals surface area (Å²) in [6.07, 6.45) is 5.71. The van der Waals surface area contributed by atoms with Gasteiger partial charge in [-0.05, 0) is 59.3 Å². The topological polar surface area (TPSA) is 52.6 Å². The van der Waals surface area contributed by atoms with Crippen molar-refractivity contribution >= 4 is 11.9 Å². The van der Waals surface area contributed by atoms with E-state index in [9.17, 15) is 9.59 Å². The van der Waals surface area contributed by atoms with Crippen molar-refractivity contribution in [2.45, 2.75) is 78.7 Å². The molecule has 1 rings (SSSR count). The van der Waals surface area contributed by atoms with Crippen LogP contribution in [0, 0.1) is 11.3 Å². The Morgan fingerprint density at radius 1 is 1.19 bits per heavy atom. The zero-order valence-electron chi connectivity index (χ0n) is 14.2. The van der Waals surface area contributed by atoms with Crippen LogP contribution < -0.4 is 0 Å². The van der Waals surface area contributed by atoms with Crippen molar-refractivity contribution in [2.24, 2.45) is 11.3 Å². The van der Waals surface area contributed by atoms with Crippen LogP contribution in [0.15, 0.2) is 0 Å². The lowest BCUT2D eigenvalue weighted by Gasteiger charge is -2.29. The normalized spacial score (nSPS) is 19.1. The van der Waals surface area contributed by atoms with Crippen LogP contribution in [0.1, 0.15) is 73.1 Å². The third-order valence-corrected chi connectivity index (χ3v) is 4.78. The van der Waals surface area contributed by atoms with E-state index in [1.165, 1.54) is 0 Å². The van der Waals surface area contributed by atoms with Gasteiger partial charge in [-0.15, -0.1) is 0 Å². The molecule has 0 aromatic heterocycles. The van der Waals surface area contributed by atoms with Gasteiger partial charge in [0.1, 0.15) is 12.2 Å². The second-order valence-electron chi connectivity index (χ2n) is 6.90. The summed E-state index contributed by atoms with van der Waals surface area (Å²) in [4.78, 5) is 24.1. The van der Waals surface area contributed by atoms with E-state index in [0.29, 0.717) is 6.42 Å². The number of carbonyl (C=O) groups is 2. The first kappa shape index (κ1) is 18.0. The summed E-state index contributed by atoms with van der Waals surface area (Å²) >= 11 is 0. The smallest absolute Gasteiger partial charge is 0.312 e. The Hall–Kier alpha value is -1.06. The van der Waals surface area contributed by atoms with E-state index in [4.69, 9.17) is 9.47 Å². The minimum absolute atomic E-state index is 0.0981. The number of rotatable bonds is 7. The molecule has 0 radical (unpaired) electrons. The van der Waals surface area contributed by atoms with E-state index >= 15 is 0 Å². The summed E-state index contributed by atoms with van der Waals surface area (Å²) in [7, 11) is 0. The fourth-order valence-corrected chi connectivity index (χ4v) is 2.47. The van der Waals surface area contributed by atoms with Gasteiger partial charge in [0.25, 0.3) is 0 Å². The molecule has 0 aromatic carbocycles. The maximum absolute atomic E-state index is 12.2. The van der Waals surface area contributed by atoms with Crippen LogP contribution in [0.25, 0.3) is 0 Å². The van der Waals surface area contributed by atoms with Gasteiger partial charge in [-0.1, -0.05) is 13.8 Å². The lowest BCUT2D eigenvalue weighted by atomic mass is 9.91. The Kier molecular flexibility index (Phi) is 6.24. The molecule has 0 N–H and O–H groups in total. The predicted molar refractivity (Wildman–Crippen MR) is 81.8 cm³/mol. The molecule has 122 valence electrons. The second kappa shape index (κ2) is 7.28. The summed E-state index contributed by atoms with van der Waals surface area (Å²) in [5.41, 5.74) is -0.780. The van der Waals surface area contributed by atoms with Gasteiger partial charge in [-0.3, -0.25) is 9.59 Å². The Balaban J connectivity index is 2.46. The Labute approximate surface area is 128 Å². The highest BCUT2D eigenvalue weighted by atomic mass is 16.6. The molecular formula is C17H30O4. The van der Waals surface area contributed by atoms with Crippen molar-refractivity contribution < 1.29 is 19.1 Å². The summed E-state index contributed by atoms with van der Waals surface area (Å²) < 4.78 is 11.0. The molecule has 1 saturated carbocycles. The summed E-state index contributed by atoms with van der Waals surface area (Å²) in [6, 6.07) is 0. The molecule has 1 aliphatic rings. The largest absolute Gasteiger partial charge is 0.464 e. The first-order valence-electron chi connectivity index (χ1n) is 8.16. The zero-order chi connectivity index (χ0) is 16.1. The lowest BCUT2D eigenvalue weighted by Crippen LogP contribution is -2.35. The molecule has 0 bridgehead atoms. The highest BCUT2D eigenvalue weighted by molar-refractivity contribution is 5.77. The predicted octanol–water partition coefficient (Wildman–Crippen LogP) is 3.87. The third-order valence-electron chi connectivity index (χ3n) is 4.78. The number of ether oxygens (including phenoxy) is 2. The highest BCUT2D eigenvalue weighted by Crippen LogP contribution is 2.36. The van der Waals surface area contributed by atoms with E-state index in [0.717, 1.165) is 32.1 Å². The molecule has 0 amide bonds. The lowest BCUT2D eigenvalue weighted by molar-refractivity contribution is -0.169. The molecule has 1 atom stereocenters. The average molecular weight is 298 g/mol. The highest BCUT2D eigenvalue weighted by Gasteiger charge is 2.37. The van der Waals surface area contributed by atoms with Crippen LogP contribution in [0.3, 0.4) is 0 Å². The number of hydrogen-bond donors (Lipinski definition) is 0. The quantitative estimate of drug-likeness (QED) is 0.670. The van der Waals surface area contributed by atoms with Gasteiger partial charge >= 0.3 is 11.9 Å². The van der Waals surface area contributed by atoms with Crippen LogP contribution >= 0.6 is 0 Å². The molecular weight excluding hydrogens is 268 g/mol. The second-order valence-corrected chi connectivity index (χ2v) is 6.90. The molecule has 0 saturated heterocycles. The van der Waals surface area contributed by atoms with E-state index < -0.39 is 11.3 Å². The molecule has 1 fully saturated rings. The van der Waals surface area contributed by atoms with Crippen molar-refractivity contribution in [3.63, 3.8) is 0 Å². The van der Waals surface area contributed by atoms with Crippen LogP contribution in [-0.4, -0.2) is 24.1 Å². The van der Waals surface area contributed by atoms with E-state index in [1.807, 2.05) is 20.8 Å². The number of hydrogen-bond acceptors (Lipinski definition) is 4. The SMILES string of the molecule is CCC1(OC(=O)C(C)COC(=O)C(C)(C)CC)CCCC1. The van der Waals surface area contributed by atoms with Gasteiger partial charge in [0.2, 0.25) is 0 Å². The van der Waals surface area contributed by atoms with E-state index in [2.05, 4.69) is 6.92 Å². The monoisotopic (exact) mass is 298 g/mol. The number of esters is 2. The molecule has 4 heteroatoms. The summed E-state index contributed by atoms with van der Waals surface area (Å²) in [5.74, 6) is -0.915. The van der Waals surface area contributed by atoms with Gasteiger partial charge in [-0.2, -0.15) is 0 Å². The van der Waals surface area contributed by atoms with Gasteiger partial charge in [-0.25, -0.2) is 0 Å². The van der Waals surface area contributed by atoms with Crippen molar-refractivity contribution in [2.75, 3.05) is 6.61 Å². The van der Waals surface area contributed by atoms with Crippen molar-refractivity contribution in [3.8, 4) is 0 Å². The van der Waals surface area contributed by atoms with Crippen LogP contribution in [0.2, 0.25) is 0 Å². The average Bonchev–Trinajstić information content (AvgIpc) is 2.93. The number of carbonyl (C=O) groups excluding carboxylic acids is 2. The van der Waals surface area contributed by atoms with Crippen molar-refractivity contribution in [3.05, 3.63) is 0 Å². The van der Waals surface area contributed by atoms with Gasteiger partial charge in [0, 0.05) is 0 Å². The maximum atomic E-state index is 12.2. The van der Waals surface area contributed by atoms with E-state index in [-0.39, 0.29) is 24.1 Å². The maximum Gasteiger partial charge on any atom is 0.312 e. The Morgan fingerprint density at radius 2 is 1.76 bits per heavy atom.